The molecule has 0 radical (unpaired) electrons. The third-order valence-corrected chi connectivity index (χ3v) is 1.89. The lowest BCUT2D eigenvalue weighted by Crippen LogP contribution is -2.26. The predicted octanol–water partition coefficient (Wildman–Crippen LogP) is 1.18. The van der Waals surface area contributed by atoms with Gasteiger partial charge in [0.2, 0.25) is 0 Å². The SMILES string of the molecule is NCC(O)COc1ccc(F)cc1Cl. The molecule has 0 saturated heterocycles. The van der Waals surface area contributed by atoms with Crippen LogP contribution in [0.4, 0.5) is 4.39 Å². The summed E-state index contributed by atoms with van der Waals surface area (Å²) in [7, 11) is 0. The van der Waals surface area contributed by atoms with Crippen LogP contribution in [0.25, 0.3) is 0 Å². The molecule has 3 N–H and O–H groups in total. The highest BCUT2D eigenvalue weighted by molar-refractivity contribution is 6.32. The molecule has 78 valence electrons. The van der Waals surface area contributed by atoms with E-state index in [1.165, 1.54) is 12.1 Å². The lowest BCUT2D eigenvalue weighted by Gasteiger charge is -2.11. The number of benzene rings is 1. The fraction of sp³-hybridized carbons (Fsp3) is 0.333. The second-order valence-corrected chi connectivity index (χ2v) is 3.18. The van der Waals surface area contributed by atoms with E-state index in [4.69, 9.17) is 27.2 Å². The Labute approximate surface area is 86.2 Å². The van der Waals surface area contributed by atoms with Crippen molar-refractivity contribution in [2.45, 2.75) is 6.10 Å². The Morgan fingerprint density at radius 2 is 2.29 bits per heavy atom. The number of hydrogen-bond acceptors (Lipinski definition) is 3. The first-order valence-corrected chi connectivity index (χ1v) is 4.47. The Balaban J connectivity index is 2.59. The third kappa shape index (κ3) is 3.14. The Kier molecular flexibility index (Phi) is 4.13. The van der Waals surface area contributed by atoms with Gasteiger partial charge in [-0.3, -0.25) is 0 Å². The first-order chi connectivity index (χ1) is 6.63. The van der Waals surface area contributed by atoms with Crippen molar-refractivity contribution < 1.29 is 14.2 Å². The van der Waals surface area contributed by atoms with Crippen molar-refractivity contribution in [3.05, 3.63) is 29.0 Å². The monoisotopic (exact) mass is 219 g/mol. The number of hydrogen-bond donors (Lipinski definition) is 2. The van der Waals surface area contributed by atoms with Crippen LogP contribution in [-0.2, 0) is 0 Å². The minimum atomic E-state index is -0.740. The van der Waals surface area contributed by atoms with E-state index in [0.29, 0.717) is 5.75 Å². The van der Waals surface area contributed by atoms with Crippen molar-refractivity contribution in [1.82, 2.24) is 0 Å². The molecule has 0 amide bonds. The average Bonchev–Trinajstić information content (AvgIpc) is 2.16. The van der Waals surface area contributed by atoms with Crippen molar-refractivity contribution in [3.8, 4) is 5.75 Å². The molecule has 0 aromatic heterocycles. The summed E-state index contributed by atoms with van der Waals surface area (Å²) in [5.74, 6) is -0.0951. The van der Waals surface area contributed by atoms with Gasteiger partial charge in [-0.1, -0.05) is 11.6 Å². The van der Waals surface area contributed by atoms with Gasteiger partial charge in [-0.2, -0.15) is 0 Å². The van der Waals surface area contributed by atoms with Crippen LogP contribution in [0.15, 0.2) is 18.2 Å². The maximum atomic E-state index is 12.6. The molecule has 0 bridgehead atoms. The van der Waals surface area contributed by atoms with Crippen LogP contribution in [0.2, 0.25) is 5.02 Å². The fourth-order valence-corrected chi connectivity index (χ4v) is 1.07. The summed E-state index contributed by atoms with van der Waals surface area (Å²) in [5, 5.41) is 9.27. The molecule has 1 atom stereocenters. The molecule has 1 aromatic rings. The second-order valence-electron chi connectivity index (χ2n) is 2.78. The molecule has 0 fully saturated rings. The quantitative estimate of drug-likeness (QED) is 0.800. The normalized spacial score (nSPS) is 12.6. The number of rotatable bonds is 4. The summed E-state index contributed by atoms with van der Waals surface area (Å²) in [6.07, 6.45) is -0.740. The molecule has 0 aliphatic heterocycles. The van der Waals surface area contributed by atoms with Crippen molar-refractivity contribution >= 4 is 11.6 Å². The lowest BCUT2D eigenvalue weighted by molar-refractivity contribution is 0.114. The van der Waals surface area contributed by atoms with Gasteiger partial charge < -0.3 is 15.6 Å². The van der Waals surface area contributed by atoms with Crippen LogP contribution < -0.4 is 10.5 Å². The molecule has 0 aliphatic carbocycles. The molecule has 5 heteroatoms. The molecule has 14 heavy (non-hydrogen) atoms. The Morgan fingerprint density at radius 1 is 1.57 bits per heavy atom. The molecular formula is C9H11ClFNO2. The van der Waals surface area contributed by atoms with Gasteiger partial charge in [-0.15, -0.1) is 0 Å². The third-order valence-electron chi connectivity index (χ3n) is 1.60. The van der Waals surface area contributed by atoms with E-state index in [0.717, 1.165) is 6.07 Å². The Hall–Kier alpha value is -0.840. The standard InChI is InChI=1S/C9H11ClFNO2/c10-8-3-6(11)1-2-9(8)14-5-7(13)4-12/h1-3,7,13H,4-5,12H2. The number of nitrogens with two attached hydrogens (primary N) is 1. The zero-order chi connectivity index (χ0) is 10.6. The summed E-state index contributed by atoms with van der Waals surface area (Å²) in [6.45, 7) is 0.153. The molecule has 0 spiro atoms. The molecule has 3 nitrogen and oxygen atoms in total. The summed E-state index contributed by atoms with van der Waals surface area (Å²) in [4.78, 5) is 0. The molecule has 1 unspecified atom stereocenters. The Bertz CT molecular complexity index is 309. The first kappa shape index (κ1) is 11.2. The lowest BCUT2D eigenvalue weighted by atomic mass is 10.3. The highest BCUT2D eigenvalue weighted by Crippen LogP contribution is 2.24. The van der Waals surface area contributed by atoms with Crippen molar-refractivity contribution in [1.29, 1.82) is 0 Å². The second kappa shape index (κ2) is 5.14. The van der Waals surface area contributed by atoms with Gasteiger partial charge in [0.1, 0.15) is 24.3 Å². The number of aliphatic hydroxyl groups excluding tert-OH is 1. The van der Waals surface area contributed by atoms with Gasteiger partial charge in [-0.25, -0.2) is 4.39 Å². The Morgan fingerprint density at radius 3 is 2.86 bits per heavy atom. The van der Waals surface area contributed by atoms with Gasteiger partial charge in [0.05, 0.1) is 5.02 Å². The van der Waals surface area contributed by atoms with E-state index < -0.39 is 11.9 Å². The van der Waals surface area contributed by atoms with Gasteiger partial charge in [0.15, 0.2) is 0 Å². The highest BCUT2D eigenvalue weighted by Gasteiger charge is 2.06. The van der Waals surface area contributed by atoms with E-state index in [1.54, 1.807) is 0 Å². The highest BCUT2D eigenvalue weighted by atomic mass is 35.5. The van der Waals surface area contributed by atoms with E-state index in [-0.39, 0.29) is 18.2 Å². The van der Waals surface area contributed by atoms with Crippen LogP contribution in [0.1, 0.15) is 0 Å². The van der Waals surface area contributed by atoms with Crippen molar-refractivity contribution in [2.24, 2.45) is 5.73 Å². The van der Waals surface area contributed by atoms with E-state index in [2.05, 4.69) is 0 Å². The number of aliphatic hydroxyl groups is 1. The molecule has 1 aromatic carbocycles. The molecule has 0 heterocycles. The predicted molar refractivity (Wildman–Crippen MR) is 52.0 cm³/mol. The summed E-state index contributed by atoms with van der Waals surface area (Å²) in [5.41, 5.74) is 5.18. The smallest absolute Gasteiger partial charge is 0.138 e. The minimum Gasteiger partial charge on any atom is -0.489 e. The summed E-state index contributed by atoms with van der Waals surface area (Å²) < 4.78 is 17.7. The largest absolute Gasteiger partial charge is 0.489 e. The van der Waals surface area contributed by atoms with E-state index in [9.17, 15) is 4.39 Å². The first-order valence-electron chi connectivity index (χ1n) is 4.09. The maximum Gasteiger partial charge on any atom is 0.138 e. The molecule has 0 saturated carbocycles. The van der Waals surface area contributed by atoms with Gasteiger partial charge >= 0.3 is 0 Å². The van der Waals surface area contributed by atoms with Crippen LogP contribution >= 0.6 is 11.6 Å². The number of ether oxygens (including phenoxy) is 1. The topological polar surface area (TPSA) is 55.5 Å². The van der Waals surface area contributed by atoms with Crippen LogP contribution in [0.3, 0.4) is 0 Å². The molecule has 0 aliphatic rings. The average molecular weight is 220 g/mol. The van der Waals surface area contributed by atoms with Gasteiger partial charge in [0, 0.05) is 6.54 Å². The van der Waals surface area contributed by atoms with Crippen LogP contribution in [0.5, 0.6) is 5.75 Å². The molecule has 1 rings (SSSR count). The van der Waals surface area contributed by atoms with E-state index in [1.807, 2.05) is 0 Å². The van der Waals surface area contributed by atoms with Crippen molar-refractivity contribution in [2.75, 3.05) is 13.2 Å². The van der Waals surface area contributed by atoms with Crippen LogP contribution in [-0.4, -0.2) is 24.4 Å². The summed E-state index contributed by atoms with van der Waals surface area (Å²) in [6, 6.07) is 3.78. The maximum absolute atomic E-state index is 12.6. The van der Waals surface area contributed by atoms with E-state index >= 15 is 0 Å². The molecular weight excluding hydrogens is 209 g/mol. The number of halogens is 2. The minimum absolute atomic E-state index is 0.0435. The zero-order valence-electron chi connectivity index (χ0n) is 7.41. The fourth-order valence-electron chi connectivity index (χ4n) is 0.846. The van der Waals surface area contributed by atoms with Gasteiger partial charge in [0.25, 0.3) is 0 Å². The van der Waals surface area contributed by atoms with Crippen LogP contribution in [0, 0.1) is 5.82 Å². The summed E-state index contributed by atoms with van der Waals surface area (Å²) >= 11 is 5.68. The van der Waals surface area contributed by atoms with Crippen molar-refractivity contribution in [3.63, 3.8) is 0 Å². The van der Waals surface area contributed by atoms with Gasteiger partial charge in [-0.05, 0) is 18.2 Å². The zero-order valence-corrected chi connectivity index (χ0v) is 8.17.